The van der Waals surface area contributed by atoms with Gasteiger partial charge < -0.3 is 14.6 Å². The zero-order valence-corrected chi connectivity index (χ0v) is 19.3. The van der Waals surface area contributed by atoms with Gasteiger partial charge in [-0.2, -0.15) is 0 Å². The summed E-state index contributed by atoms with van der Waals surface area (Å²) in [5, 5.41) is 12.0. The van der Waals surface area contributed by atoms with Gasteiger partial charge >= 0.3 is 0 Å². The maximum absolute atomic E-state index is 9.98. The normalized spacial score (nSPS) is 12.0. The van der Waals surface area contributed by atoms with Crippen LogP contribution in [0.2, 0.25) is 16.6 Å². The lowest BCUT2D eigenvalue weighted by atomic mass is 9.99. The molecule has 0 atom stereocenters. The third-order valence-electron chi connectivity index (χ3n) is 5.83. The Hall–Kier alpha value is -1.80. The molecule has 0 bridgehead atoms. The van der Waals surface area contributed by atoms with Crippen molar-refractivity contribution in [2.75, 3.05) is 13.9 Å². The molecule has 152 valence electrons. The molecular weight excluding hydrogens is 364 g/mol. The Kier molecular flexibility index (Phi) is 7.71. The fourth-order valence-corrected chi connectivity index (χ4v) is 9.75. The van der Waals surface area contributed by atoms with Crippen molar-refractivity contribution in [1.29, 1.82) is 0 Å². The average Bonchev–Trinajstić information content (AvgIpc) is 2.65. The minimum Gasteiger partial charge on any atom is -0.468 e. The average molecular weight is 399 g/mol. The van der Waals surface area contributed by atoms with Crippen molar-refractivity contribution >= 4 is 18.8 Å². The van der Waals surface area contributed by atoms with E-state index in [0.717, 1.165) is 21.9 Å². The van der Waals surface area contributed by atoms with Gasteiger partial charge in [0.15, 0.2) is 6.79 Å². The summed E-state index contributed by atoms with van der Waals surface area (Å²) >= 11 is 0. The summed E-state index contributed by atoms with van der Waals surface area (Å²) in [4.78, 5) is 0. The Morgan fingerprint density at radius 1 is 1.00 bits per heavy atom. The molecule has 0 saturated carbocycles. The number of fused-ring (bicyclic) bond motifs is 1. The van der Waals surface area contributed by atoms with E-state index in [9.17, 15) is 5.11 Å². The van der Waals surface area contributed by atoms with E-state index >= 15 is 0 Å². The molecule has 0 radical (unpaired) electrons. The maximum Gasteiger partial charge on any atom is 0.188 e. The molecular formula is C24H34O3Si. The van der Waals surface area contributed by atoms with Crippen molar-refractivity contribution in [2.24, 2.45) is 0 Å². The van der Waals surface area contributed by atoms with Crippen LogP contribution in [0.25, 0.3) is 10.8 Å². The summed E-state index contributed by atoms with van der Waals surface area (Å²) < 4.78 is 10.6. The number of benzene rings is 2. The number of methoxy groups -OCH3 is 1. The molecule has 0 aliphatic heterocycles. The fourth-order valence-electron chi connectivity index (χ4n) is 4.54. The molecule has 0 spiro atoms. The molecule has 0 aliphatic rings. The summed E-state index contributed by atoms with van der Waals surface area (Å²) in [5.74, 6) is 4.24. The van der Waals surface area contributed by atoms with Gasteiger partial charge in [0, 0.05) is 18.1 Å². The first-order valence-electron chi connectivity index (χ1n) is 10.1. The van der Waals surface area contributed by atoms with Crippen LogP contribution in [-0.2, 0) is 11.3 Å². The van der Waals surface area contributed by atoms with Crippen molar-refractivity contribution in [3.05, 3.63) is 41.5 Å². The molecule has 0 unspecified atom stereocenters. The standard InChI is InChI=1S/C24H34O3Si/c1-17(2)28(18(3)4,19(5)6)12-11-20-9-8-10-21-13-23(27-16-26-7)14-22(15-25)24(20)21/h8-10,13-14,17-19,25H,15-16H2,1-7H3. The highest BCUT2D eigenvalue weighted by molar-refractivity contribution is 6.90. The third kappa shape index (κ3) is 4.43. The minimum atomic E-state index is -1.82. The van der Waals surface area contributed by atoms with Crippen LogP contribution in [-0.4, -0.2) is 27.1 Å². The van der Waals surface area contributed by atoms with E-state index in [1.54, 1.807) is 7.11 Å². The van der Waals surface area contributed by atoms with E-state index < -0.39 is 8.07 Å². The Morgan fingerprint density at radius 2 is 1.64 bits per heavy atom. The SMILES string of the molecule is COCOc1cc(CO)c2c(C#C[Si](C(C)C)(C(C)C)C(C)C)cccc2c1. The summed E-state index contributed by atoms with van der Waals surface area (Å²) in [6, 6.07) is 9.99. The smallest absolute Gasteiger partial charge is 0.188 e. The topological polar surface area (TPSA) is 38.7 Å². The first-order valence-corrected chi connectivity index (χ1v) is 12.3. The molecule has 0 heterocycles. The van der Waals surface area contributed by atoms with Crippen LogP contribution in [0.15, 0.2) is 30.3 Å². The predicted molar refractivity (Wildman–Crippen MR) is 120 cm³/mol. The first-order chi connectivity index (χ1) is 13.3. The third-order valence-corrected chi connectivity index (χ3v) is 12.1. The van der Waals surface area contributed by atoms with Crippen LogP contribution in [0.5, 0.6) is 5.75 Å². The van der Waals surface area contributed by atoms with Gasteiger partial charge in [-0.15, -0.1) is 5.54 Å². The highest BCUT2D eigenvalue weighted by atomic mass is 28.3. The Balaban J connectivity index is 2.64. The summed E-state index contributed by atoms with van der Waals surface area (Å²) in [6.45, 7) is 14.1. The number of hydrogen-bond acceptors (Lipinski definition) is 3. The number of ether oxygens (including phenoxy) is 2. The summed E-state index contributed by atoms with van der Waals surface area (Å²) in [6.07, 6.45) is 0. The van der Waals surface area contributed by atoms with Crippen molar-refractivity contribution in [3.8, 4) is 17.2 Å². The van der Waals surface area contributed by atoms with Gasteiger partial charge in [-0.25, -0.2) is 0 Å². The highest BCUT2D eigenvalue weighted by Gasteiger charge is 2.41. The van der Waals surface area contributed by atoms with E-state index in [0.29, 0.717) is 22.4 Å². The zero-order chi connectivity index (χ0) is 20.9. The maximum atomic E-state index is 9.98. The number of aliphatic hydroxyl groups excluding tert-OH is 1. The second-order valence-corrected chi connectivity index (χ2v) is 13.9. The molecule has 2 aromatic carbocycles. The Morgan fingerprint density at radius 3 is 2.18 bits per heavy atom. The van der Waals surface area contributed by atoms with Gasteiger partial charge in [-0.3, -0.25) is 0 Å². The van der Waals surface area contributed by atoms with Gasteiger partial charge in [0.1, 0.15) is 13.8 Å². The highest BCUT2D eigenvalue weighted by Crippen LogP contribution is 2.41. The van der Waals surface area contributed by atoms with E-state index in [1.165, 1.54) is 0 Å². The van der Waals surface area contributed by atoms with E-state index in [1.807, 2.05) is 24.3 Å². The lowest BCUT2D eigenvalue weighted by Gasteiger charge is -2.38. The number of hydrogen-bond donors (Lipinski definition) is 1. The lowest BCUT2D eigenvalue weighted by Crippen LogP contribution is -2.43. The molecule has 0 fully saturated rings. The van der Waals surface area contributed by atoms with Gasteiger partial charge in [-0.05, 0) is 45.8 Å². The number of rotatable bonds is 7. The van der Waals surface area contributed by atoms with Crippen molar-refractivity contribution in [2.45, 2.75) is 64.8 Å². The Bertz CT molecular complexity index is 837. The first kappa shape index (κ1) is 22.5. The molecule has 2 rings (SSSR count). The molecule has 0 aromatic heterocycles. The van der Waals surface area contributed by atoms with E-state index in [2.05, 4.69) is 59.1 Å². The van der Waals surface area contributed by atoms with Gasteiger partial charge in [0.2, 0.25) is 0 Å². The zero-order valence-electron chi connectivity index (χ0n) is 18.3. The van der Waals surface area contributed by atoms with Crippen LogP contribution in [0.4, 0.5) is 0 Å². The van der Waals surface area contributed by atoms with Crippen LogP contribution in [0, 0.1) is 11.5 Å². The van der Waals surface area contributed by atoms with Crippen LogP contribution in [0.1, 0.15) is 52.7 Å². The molecule has 28 heavy (non-hydrogen) atoms. The quantitative estimate of drug-likeness (QED) is 0.359. The minimum absolute atomic E-state index is 0.0551. The van der Waals surface area contributed by atoms with E-state index in [4.69, 9.17) is 9.47 Å². The van der Waals surface area contributed by atoms with Crippen LogP contribution >= 0.6 is 0 Å². The Labute approximate surface area is 171 Å². The van der Waals surface area contributed by atoms with E-state index in [-0.39, 0.29) is 13.4 Å². The summed E-state index contributed by atoms with van der Waals surface area (Å²) in [7, 11) is -0.225. The lowest BCUT2D eigenvalue weighted by molar-refractivity contribution is 0.0511. The molecule has 0 aliphatic carbocycles. The monoisotopic (exact) mass is 398 g/mol. The van der Waals surface area contributed by atoms with Crippen molar-refractivity contribution < 1.29 is 14.6 Å². The molecule has 0 amide bonds. The number of aliphatic hydroxyl groups is 1. The van der Waals surface area contributed by atoms with Crippen molar-refractivity contribution in [1.82, 2.24) is 0 Å². The predicted octanol–water partition coefficient (Wildman–Crippen LogP) is 5.88. The second kappa shape index (κ2) is 9.60. The molecule has 0 saturated heterocycles. The van der Waals surface area contributed by atoms with Crippen LogP contribution < -0.4 is 4.74 Å². The van der Waals surface area contributed by atoms with Crippen LogP contribution in [0.3, 0.4) is 0 Å². The molecule has 3 nitrogen and oxygen atoms in total. The fraction of sp³-hybridized carbons (Fsp3) is 0.500. The molecule has 1 N–H and O–H groups in total. The molecule has 4 heteroatoms. The largest absolute Gasteiger partial charge is 0.468 e. The second-order valence-electron chi connectivity index (χ2n) is 8.34. The van der Waals surface area contributed by atoms with Gasteiger partial charge in [0.05, 0.1) is 6.61 Å². The molecule has 2 aromatic rings. The summed E-state index contributed by atoms with van der Waals surface area (Å²) in [5.41, 5.74) is 7.37. The van der Waals surface area contributed by atoms with Crippen molar-refractivity contribution in [3.63, 3.8) is 0 Å². The van der Waals surface area contributed by atoms with Gasteiger partial charge in [0.25, 0.3) is 0 Å². The van der Waals surface area contributed by atoms with Gasteiger partial charge in [-0.1, -0.05) is 59.6 Å².